The van der Waals surface area contributed by atoms with Crippen LogP contribution in [0.25, 0.3) is 11.1 Å². The van der Waals surface area contributed by atoms with Crippen molar-refractivity contribution in [3.8, 4) is 16.9 Å². The summed E-state index contributed by atoms with van der Waals surface area (Å²) in [7, 11) is 1.62. The monoisotopic (exact) mass is 355 g/mol. The predicted molar refractivity (Wildman–Crippen MR) is 106 cm³/mol. The Labute approximate surface area is 157 Å². The Balaban J connectivity index is 2.03. The molecular formula is C23H30FNO. The second-order valence-electron chi connectivity index (χ2n) is 7.49. The summed E-state index contributed by atoms with van der Waals surface area (Å²) in [6.07, 6.45) is 4.76. The Morgan fingerprint density at radius 2 is 1.77 bits per heavy atom. The summed E-state index contributed by atoms with van der Waals surface area (Å²) >= 11 is 0. The van der Waals surface area contributed by atoms with Crippen LogP contribution in [-0.2, 0) is 13.0 Å². The Kier molecular flexibility index (Phi) is 5.98. The molecule has 0 amide bonds. The van der Waals surface area contributed by atoms with Gasteiger partial charge in [-0.1, -0.05) is 31.5 Å². The SMILES string of the molecule is CCc1ccc(-c2cc(OC)ccc2F)c(CN2[C@@H](C)CCC[C@@H]2C)c1. The summed E-state index contributed by atoms with van der Waals surface area (Å²) in [5, 5.41) is 0. The van der Waals surface area contributed by atoms with Crippen LogP contribution in [0.5, 0.6) is 5.75 Å². The molecule has 0 spiro atoms. The molecular weight excluding hydrogens is 325 g/mol. The molecule has 0 N–H and O–H groups in total. The van der Waals surface area contributed by atoms with E-state index in [2.05, 4.69) is 43.9 Å². The number of piperidine rings is 1. The van der Waals surface area contributed by atoms with Crippen LogP contribution in [0, 0.1) is 5.82 Å². The summed E-state index contributed by atoms with van der Waals surface area (Å²) < 4.78 is 19.9. The molecule has 26 heavy (non-hydrogen) atoms. The van der Waals surface area contributed by atoms with Gasteiger partial charge in [0.05, 0.1) is 7.11 Å². The molecule has 3 rings (SSSR count). The lowest BCUT2D eigenvalue weighted by molar-refractivity contribution is 0.0954. The first-order chi connectivity index (χ1) is 12.5. The lowest BCUT2D eigenvalue weighted by Crippen LogP contribution is -2.43. The van der Waals surface area contributed by atoms with Crippen molar-refractivity contribution in [1.29, 1.82) is 0 Å². The Morgan fingerprint density at radius 3 is 2.42 bits per heavy atom. The number of hydrogen-bond acceptors (Lipinski definition) is 2. The van der Waals surface area contributed by atoms with E-state index < -0.39 is 0 Å². The van der Waals surface area contributed by atoms with Crippen LogP contribution in [0.15, 0.2) is 36.4 Å². The minimum absolute atomic E-state index is 0.198. The van der Waals surface area contributed by atoms with Crippen molar-refractivity contribution in [2.75, 3.05) is 7.11 Å². The topological polar surface area (TPSA) is 12.5 Å². The molecule has 140 valence electrons. The minimum Gasteiger partial charge on any atom is -0.497 e. The zero-order valence-corrected chi connectivity index (χ0v) is 16.4. The first kappa shape index (κ1) is 18.9. The van der Waals surface area contributed by atoms with Crippen LogP contribution in [-0.4, -0.2) is 24.1 Å². The zero-order chi connectivity index (χ0) is 18.7. The van der Waals surface area contributed by atoms with Gasteiger partial charge in [0.2, 0.25) is 0 Å². The number of hydrogen-bond donors (Lipinski definition) is 0. The summed E-state index contributed by atoms with van der Waals surface area (Å²) in [5.74, 6) is 0.489. The third-order valence-electron chi connectivity index (χ3n) is 5.77. The van der Waals surface area contributed by atoms with E-state index >= 15 is 0 Å². The molecule has 1 aliphatic heterocycles. The molecule has 0 saturated carbocycles. The predicted octanol–water partition coefficient (Wildman–Crippen LogP) is 5.83. The van der Waals surface area contributed by atoms with Gasteiger partial charge in [-0.25, -0.2) is 4.39 Å². The average Bonchev–Trinajstić information content (AvgIpc) is 2.65. The lowest BCUT2D eigenvalue weighted by atomic mass is 9.92. The summed E-state index contributed by atoms with van der Waals surface area (Å²) in [6, 6.07) is 12.5. The van der Waals surface area contributed by atoms with Gasteiger partial charge in [0.25, 0.3) is 0 Å². The molecule has 2 aromatic carbocycles. The summed E-state index contributed by atoms with van der Waals surface area (Å²) in [5.41, 5.74) is 4.10. The molecule has 0 unspecified atom stereocenters. The molecule has 0 aromatic heterocycles. The molecule has 2 aromatic rings. The van der Waals surface area contributed by atoms with Crippen molar-refractivity contribution < 1.29 is 9.13 Å². The Bertz CT molecular complexity index is 748. The fourth-order valence-corrected chi connectivity index (χ4v) is 4.08. The molecule has 1 fully saturated rings. The highest BCUT2D eigenvalue weighted by Crippen LogP contribution is 2.33. The molecule has 0 radical (unpaired) electrons. The van der Waals surface area contributed by atoms with E-state index in [1.54, 1.807) is 13.2 Å². The van der Waals surface area contributed by atoms with Gasteiger partial charge in [0.1, 0.15) is 11.6 Å². The summed E-state index contributed by atoms with van der Waals surface area (Å²) in [4.78, 5) is 2.57. The van der Waals surface area contributed by atoms with Crippen LogP contribution in [0.4, 0.5) is 4.39 Å². The van der Waals surface area contributed by atoms with Gasteiger partial charge in [-0.3, -0.25) is 4.90 Å². The molecule has 2 nitrogen and oxygen atoms in total. The maximum absolute atomic E-state index is 14.6. The van der Waals surface area contributed by atoms with E-state index in [4.69, 9.17) is 4.74 Å². The number of halogens is 1. The highest BCUT2D eigenvalue weighted by Gasteiger charge is 2.25. The average molecular weight is 355 g/mol. The maximum atomic E-state index is 14.6. The highest BCUT2D eigenvalue weighted by atomic mass is 19.1. The van der Waals surface area contributed by atoms with E-state index in [9.17, 15) is 4.39 Å². The minimum atomic E-state index is -0.198. The molecule has 0 bridgehead atoms. The summed E-state index contributed by atoms with van der Waals surface area (Å²) in [6.45, 7) is 7.65. The Morgan fingerprint density at radius 1 is 1.04 bits per heavy atom. The maximum Gasteiger partial charge on any atom is 0.131 e. The van der Waals surface area contributed by atoms with Gasteiger partial charge < -0.3 is 4.74 Å². The number of methoxy groups -OCH3 is 1. The van der Waals surface area contributed by atoms with E-state index in [0.717, 1.165) is 18.5 Å². The molecule has 1 saturated heterocycles. The van der Waals surface area contributed by atoms with Crippen LogP contribution >= 0.6 is 0 Å². The van der Waals surface area contributed by atoms with Crippen molar-refractivity contribution in [2.45, 2.75) is 65.1 Å². The van der Waals surface area contributed by atoms with Gasteiger partial charge in [-0.2, -0.15) is 0 Å². The number of likely N-dealkylation sites (tertiary alicyclic amines) is 1. The largest absolute Gasteiger partial charge is 0.497 e. The third-order valence-corrected chi connectivity index (χ3v) is 5.77. The standard InChI is InChI=1S/C23H30FNO/c1-5-18-9-11-21(22-14-20(26-4)10-12-23(22)24)19(13-18)15-25-16(2)7-6-8-17(25)3/h9-14,16-17H,5-8,15H2,1-4H3/t16-,17-/m0/s1. The molecule has 2 atom stereocenters. The van der Waals surface area contributed by atoms with Crippen LogP contribution in [0.3, 0.4) is 0 Å². The fourth-order valence-electron chi connectivity index (χ4n) is 4.08. The number of benzene rings is 2. The molecule has 3 heteroatoms. The van der Waals surface area contributed by atoms with Gasteiger partial charge in [0.15, 0.2) is 0 Å². The second-order valence-corrected chi connectivity index (χ2v) is 7.49. The van der Waals surface area contributed by atoms with Crippen molar-refractivity contribution in [3.05, 3.63) is 53.3 Å². The lowest BCUT2D eigenvalue weighted by Gasteiger charge is -2.39. The number of nitrogens with zero attached hydrogens (tertiary/aromatic N) is 1. The van der Waals surface area contributed by atoms with E-state index in [1.165, 1.54) is 36.5 Å². The van der Waals surface area contributed by atoms with Gasteiger partial charge in [-0.05, 0) is 68.0 Å². The van der Waals surface area contributed by atoms with Crippen molar-refractivity contribution in [2.24, 2.45) is 0 Å². The van der Waals surface area contributed by atoms with E-state index in [0.29, 0.717) is 23.4 Å². The van der Waals surface area contributed by atoms with Crippen LogP contribution in [0.2, 0.25) is 0 Å². The van der Waals surface area contributed by atoms with E-state index in [1.807, 2.05) is 6.07 Å². The van der Waals surface area contributed by atoms with Crippen molar-refractivity contribution >= 4 is 0 Å². The zero-order valence-electron chi connectivity index (χ0n) is 16.4. The van der Waals surface area contributed by atoms with E-state index in [-0.39, 0.29) is 5.82 Å². The first-order valence-corrected chi connectivity index (χ1v) is 9.75. The third kappa shape index (κ3) is 3.93. The smallest absolute Gasteiger partial charge is 0.131 e. The number of rotatable bonds is 5. The van der Waals surface area contributed by atoms with Crippen LogP contribution in [0.1, 0.15) is 51.2 Å². The quantitative estimate of drug-likeness (QED) is 0.669. The fraction of sp³-hybridized carbons (Fsp3) is 0.478. The number of aryl methyl sites for hydroxylation is 1. The number of ether oxygens (including phenoxy) is 1. The first-order valence-electron chi connectivity index (χ1n) is 9.75. The normalized spacial score (nSPS) is 21.0. The highest BCUT2D eigenvalue weighted by molar-refractivity contribution is 5.70. The van der Waals surface area contributed by atoms with Crippen LogP contribution < -0.4 is 4.74 Å². The molecule has 1 aliphatic rings. The molecule has 1 heterocycles. The van der Waals surface area contributed by atoms with Gasteiger partial charge in [-0.15, -0.1) is 0 Å². The molecule has 0 aliphatic carbocycles. The van der Waals surface area contributed by atoms with Crippen molar-refractivity contribution in [3.63, 3.8) is 0 Å². The van der Waals surface area contributed by atoms with Gasteiger partial charge >= 0.3 is 0 Å². The van der Waals surface area contributed by atoms with Gasteiger partial charge in [0, 0.05) is 24.2 Å². The second kappa shape index (κ2) is 8.22. The Hall–Kier alpha value is -1.87. The van der Waals surface area contributed by atoms with Crippen molar-refractivity contribution in [1.82, 2.24) is 4.90 Å².